The number of ether oxygens (including phenoxy) is 1. The summed E-state index contributed by atoms with van der Waals surface area (Å²) in [7, 11) is 1.92. The van der Waals surface area contributed by atoms with E-state index >= 15 is 0 Å². The molecule has 3 atom stereocenters. The summed E-state index contributed by atoms with van der Waals surface area (Å²) in [6, 6.07) is 0.115. The summed E-state index contributed by atoms with van der Waals surface area (Å²) in [5, 5.41) is 8.15. The molecule has 0 radical (unpaired) electrons. The zero-order chi connectivity index (χ0) is 8.27. The van der Waals surface area contributed by atoms with Gasteiger partial charge in [0.05, 0.1) is 0 Å². The van der Waals surface area contributed by atoms with E-state index < -0.39 is 0 Å². The molecule has 3 N–H and O–H groups in total. The molecule has 1 heterocycles. The molecule has 1 unspecified atom stereocenters. The fraction of sp³-hybridized carbons (Fsp3) is 1.00. The highest BCUT2D eigenvalue weighted by molar-refractivity contribution is 6.11. The van der Waals surface area contributed by atoms with Crippen LogP contribution in [0.3, 0.4) is 0 Å². The third-order valence-corrected chi connectivity index (χ3v) is 1.80. The van der Waals surface area contributed by atoms with Gasteiger partial charge in [-0.3, -0.25) is 10.1 Å². The van der Waals surface area contributed by atoms with Crippen molar-refractivity contribution in [2.24, 2.45) is 5.90 Å². The van der Waals surface area contributed by atoms with Crippen LogP contribution in [-0.2, 0) is 14.5 Å². The van der Waals surface area contributed by atoms with Crippen LogP contribution in [-0.4, -0.2) is 37.9 Å². The van der Waals surface area contributed by atoms with Gasteiger partial charge in [-0.25, -0.2) is 10.8 Å². The van der Waals surface area contributed by atoms with Gasteiger partial charge in [0.25, 0.3) is 0 Å². The summed E-state index contributed by atoms with van der Waals surface area (Å²) in [4.78, 5) is 8.58. The zero-order valence-electron chi connectivity index (χ0n) is 6.40. The topological polar surface area (TPSA) is 73.9 Å². The fourth-order valence-corrected chi connectivity index (χ4v) is 1.28. The molecule has 1 fully saturated rings. The molecule has 1 rings (SSSR count). The van der Waals surface area contributed by atoms with Crippen LogP contribution in [0.2, 0.25) is 0 Å². The maximum absolute atomic E-state index is 8.15. The van der Waals surface area contributed by atoms with Crippen LogP contribution in [0.4, 0.5) is 0 Å². The van der Waals surface area contributed by atoms with Crippen LogP contribution < -0.4 is 5.90 Å². The van der Waals surface area contributed by atoms with Crippen molar-refractivity contribution in [1.29, 1.82) is 0 Å². The SMILES string of the molecule is B[C@H]1CC(ON)[C@@H](COO)O1. The second-order valence-electron chi connectivity index (χ2n) is 2.69. The minimum absolute atomic E-state index is 0.103. The molecule has 0 amide bonds. The lowest BCUT2D eigenvalue weighted by molar-refractivity contribution is -0.263. The molecule has 0 saturated carbocycles. The first-order valence-electron chi connectivity index (χ1n) is 3.55. The molecule has 64 valence electrons. The Morgan fingerprint density at radius 1 is 1.73 bits per heavy atom. The largest absolute Gasteiger partial charge is 0.379 e. The Morgan fingerprint density at radius 2 is 2.45 bits per heavy atom. The Kier molecular flexibility index (Phi) is 3.28. The van der Waals surface area contributed by atoms with E-state index in [1.807, 2.05) is 7.85 Å². The number of nitrogens with two attached hydrogens (primary N) is 1. The van der Waals surface area contributed by atoms with Crippen molar-refractivity contribution in [3.63, 3.8) is 0 Å². The molecule has 1 saturated heterocycles. The van der Waals surface area contributed by atoms with Gasteiger partial charge in [-0.1, -0.05) is 0 Å². The number of hydrogen-bond donors (Lipinski definition) is 2. The monoisotopic (exact) mass is 161 g/mol. The van der Waals surface area contributed by atoms with Crippen LogP contribution >= 0.6 is 0 Å². The Labute approximate surface area is 65.7 Å². The Bertz CT molecular complexity index is 125. The summed E-state index contributed by atoms with van der Waals surface area (Å²) in [6.45, 7) is 0.103. The minimum atomic E-state index is -0.250. The summed E-state index contributed by atoms with van der Waals surface area (Å²) in [5.74, 6) is 5.00. The molecule has 0 spiro atoms. The molecule has 11 heavy (non-hydrogen) atoms. The highest BCUT2D eigenvalue weighted by Crippen LogP contribution is 2.20. The summed E-state index contributed by atoms with van der Waals surface area (Å²) < 4.78 is 5.32. The normalized spacial score (nSPS) is 37.8. The van der Waals surface area contributed by atoms with E-state index in [0.717, 1.165) is 6.42 Å². The van der Waals surface area contributed by atoms with E-state index in [2.05, 4.69) is 9.73 Å². The highest BCUT2D eigenvalue weighted by atomic mass is 17.1. The van der Waals surface area contributed by atoms with Crippen LogP contribution in [0.15, 0.2) is 0 Å². The zero-order valence-corrected chi connectivity index (χ0v) is 6.40. The third-order valence-electron chi connectivity index (χ3n) is 1.80. The van der Waals surface area contributed by atoms with Crippen LogP contribution in [0, 0.1) is 0 Å². The van der Waals surface area contributed by atoms with Gasteiger partial charge in [-0.15, -0.1) is 0 Å². The fourth-order valence-electron chi connectivity index (χ4n) is 1.28. The maximum atomic E-state index is 8.15. The molecule has 0 aromatic carbocycles. The molecule has 0 aromatic rings. The molecule has 0 bridgehead atoms. The van der Waals surface area contributed by atoms with Crippen molar-refractivity contribution in [2.75, 3.05) is 6.61 Å². The van der Waals surface area contributed by atoms with Crippen molar-refractivity contribution in [3.8, 4) is 0 Å². The second kappa shape index (κ2) is 4.03. The van der Waals surface area contributed by atoms with Gasteiger partial charge in [0.1, 0.15) is 26.7 Å². The second-order valence-corrected chi connectivity index (χ2v) is 2.69. The predicted octanol–water partition coefficient (Wildman–Crippen LogP) is -1.52. The van der Waals surface area contributed by atoms with E-state index in [1.165, 1.54) is 0 Å². The minimum Gasteiger partial charge on any atom is -0.379 e. The molecule has 1 aliphatic rings. The van der Waals surface area contributed by atoms with E-state index in [4.69, 9.17) is 15.9 Å². The lowest BCUT2D eigenvalue weighted by Crippen LogP contribution is -2.30. The average Bonchev–Trinajstić information content (AvgIpc) is 2.32. The molecule has 6 heteroatoms. The Balaban J connectivity index is 2.37. The van der Waals surface area contributed by atoms with Gasteiger partial charge in [0.2, 0.25) is 0 Å². The third kappa shape index (κ3) is 2.15. The first-order chi connectivity index (χ1) is 5.27. The van der Waals surface area contributed by atoms with Gasteiger partial charge >= 0.3 is 0 Å². The van der Waals surface area contributed by atoms with Crippen molar-refractivity contribution >= 4 is 7.85 Å². The predicted molar refractivity (Wildman–Crippen MR) is 39.5 cm³/mol. The van der Waals surface area contributed by atoms with Crippen LogP contribution in [0.5, 0.6) is 0 Å². The van der Waals surface area contributed by atoms with E-state index in [-0.39, 0.29) is 24.8 Å². The molecule has 0 aromatic heterocycles. The number of rotatable bonds is 3. The quantitative estimate of drug-likeness (QED) is 0.299. The lowest BCUT2D eigenvalue weighted by atomic mass is 9.96. The Hall–Kier alpha value is -0.135. The van der Waals surface area contributed by atoms with Crippen molar-refractivity contribution in [3.05, 3.63) is 0 Å². The maximum Gasteiger partial charge on any atom is 0.139 e. The molecule has 5 nitrogen and oxygen atoms in total. The molecular weight excluding hydrogens is 149 g/mol. The summed E-state index contributed by atoms with van der Waals surface area (Å²) >= 11 is 0. The lowest BCUT2D eigenvalue weighted by Gasteiger charge is -2.13. The van der Waals surface area contributed by atoms with Gasteiger partial charge in [-0.05, 0) is 6.42 Å². The van der Waals surface area contributed by atoms with Crippen LogP contribution in [0.25, 0.3) is 0 Å². The van der Waals surface area contributed by atoms with Gasteiger partial charge in [0, 0.05) is 6.00 Å². The van der Waals surface area contributed by atoms with Gasteiger partial charge in [-0.2, -0.15) is 0 Å². The van der Waals surface area contributed by atoms with Crippen molar-refractivity contribution in [2.45, 2.75) is 24.6 Å². The van der Waals surface area contributed by atoms with Crippen LogP contribution in [0.1, 0.15) is 6.42 Å². The summed E-state index contributed by atoms with van der Waals surface area (Å²) in [6.07, 6.45) is 0.321. The van der Waals surface area contributed by atoms with E-state index in [1.54, 1.807) is 0 Å². The average molecular weight is 161 g/mol. The smallest absolute Gasteiger partial charge is 0.139 e. The van der Waals surface area contributed by atoms with Crippen molar-refractivity contribution in [1.82, 2.24) is 0 Å². The number of hydrogen-bond acceptors (Lipinski definition) is 5. The first-order valence-corrected chi connectivity index (χ1v) is 3.55. The highest BCUT2D eigenvalue weighted by Gasteiger charge is 2.33. The van der Waals surface area contributed by atoms with Gasteiger partial charge in [0.15, 0.2) is 0 Å². The van der Waals surface area contributed by atoms with E-state index in [9.17, 15) is 0 Å². The Morgan fingerprint density at radius 3 is 3.00 bits per heavy atom. The molecule has 1 aliphatic heterocycles. The molecule has 0 aliphatic carbocycles. The summed E-state index contributed by atoms with van der Waals surface area (Å²) in [5.41, 5.74) is 0. The molecular formula is C5H12BNO4. The van der Waals surface area contributed by atoms with E-state index in [0.29, 0.717) is 0 Å². The standard InChI is InChI=1S/C5H12BNO4/c6-5-1-3(11-7)4(10-5)2-9-8/h3-5,8H,1-2,6-7H2/t3?,4-,5-/m1/s1. The van der Waals surface area contributed by atoms with Gasteiger partial charge < -0.3 is 4.74 Å². The first kappa shape index (κ1) is 8.96. The van der Waals surface area contributed by atoms with Crippen molar-refractivity contribution < 1.29 is 19.7 Å².